The van der Waals surface area contributed by atoms with E-state index in [1.165, 1.54) is 11.1 Å². The first kappa shape index (κ1) is 34.9. The highest BCUT2D eigenvalue weighted by Crippen LogP contribution is 2.92. The van der Waals surface area contributed by atoms with Crippen molar-refractivity contribution in [3.05, 3.63) is 11.1 Å². The Hall–Kier alpha value is -2.38. The minimum Gasteiger partial charge on any atom is -0.482 e. The standard InChI is InChI=1S/C38H60N2O6/c1-22(2)23(3)30-27-12-16-38-25(5)37(27,18-17-36(30,19-20-41)31(40-39)45-10)35(38,9)15-11-26-24(4)28(13-14-34(26,38)8)46-29(42)21-33(6,7)32(43)44/h20,22,24-28H,11-19,21,39H2,1-10H3,(H,43,44)/b30-23+,40-31-. The number of carbonyl (C=O) groups excluding carboxylic acids is 2. The van der Waals surface area contributed by atoms with Crippen molar-refractivity contribution >= 4 is 24.1 Å². The van der Waals surface area contributed by atoms with E-state index in [0.717, 1.165) is 57.7 Å². The predicted molar refractivity (Wildman–Crippen MR) is 179 cm³/mol. The van der Waals surface area contributed by atoms with Crippen molar-refractivity contribution in [2.24, 2.45) is 73.0 Å². The number of carbonyl (C=O) groups is 3. The molecule has 10 unspecified atom stereocenters. The monoisotopic (exact) mass is 640 g/mol. The molecule has 2 bridgehead atoms. The molecule has 0 aromatic carbocycles. The number of hydrogen-bond donors (Lipinski definition) is 2. The van der Waals surface area contributed by atoms with Crippen molar-refractivity contribution in [2.45, 2.75) is 133 Å². The van der Waals surface area contributed by atoms with Crippen molar-refractivity contribution in [2.75, 3.05) is 7.11 Å². The van der Waals surface area contributed by atoms with Crippen LogP contribution in [-0.2, 0) is 23.9 Å². The molecule has 8 nitrogen and oxygen atoms in total. The first-order valence-electron chi connectivity index (χ1n) is 17.8. The van der Waals surface area contributed by atoms with Crippen LogP contribution in [0.2, 0.25) is 0 Å². The van der Waals surface area contributed by atoms with Gasteiger partial charge in [-0.2, -0.15) is 0 Å². The second-order valence-electron chi connectivity index (χ2n) is 17.4. The van der Waals surface area contributed by atoms with Crippen molar-refractivity contribution in [3.8, 4) is 0 Å². The van der Waals surface area contributed by atoms with Crippen LogP contribution in [0.1, 0.15) is 127 Å². The van der Waals surface area contributed by atoms with E-state index in [4.69, 9.17) is 15.3 Å². The van der Waals surface area contributed by atoms with E-state index < -0.39 is 22.8 Å². The molecule has 6 fully saturated rings. The Labute approximate surface area is 276 Å². The Bertz CT molecular complexity index is 1340. The van der Waals surface area contributed by atoms with Crippen molar-refractivity contribution in [3.63, 3.8) is 0 Å². The van der Waals surface area contributed by atoms with Gasteiger partial charge in [0.15, 0.2) is 0 Å². The van der Waals surface area contributed by atoms with Gasteiger partial charge in [0.25, 0.3) is 0 Å². The summed E-state index contributed by atoms with van der Waals surface area (Å²) in [6.07, 6.45) is 9.20. The molecule has 0 saturated heterocycles. The van der Waals surface area contributed by atoms with Gasteiger partial charge in [-0.1, -0.05) is 52.7 Å². The molecule has 2 spiro atoms. The lowest BCUT2D eigenvalue weighted by atomic mass is 9.15. The first-order chi connectivity index (χ1) is 21.4. The summed E-state index contributed by atoms with van der Waals surface area (Å²) in [6.45, 7) is 19.9. The molecule has 0 aliphatic heterocycles. The predicted octanol–water partition coefficient (Wildman–Crippen LogP) is 7.54. The molecule has 258 valence electrons. The second kappa shape index (κ2) is 11.4. The molecule has 6 aliphatic carbocycles. The Morgan fingerprint density at radius 2 is 1.76 bits per heavy atom. The molecule has 46 heavy (non-hydrogen) atoms. The largest absolute Gasteiger partial charge is 0.482 e. The van der Waals surface area contributed by atoms with Crippen LogP contribution in [0.4, 0.5) is 0 Å². The third kappa shape index (κ3) is 4.15. The maximum absolute atomic E-state index is 13.0. The van der Waals surface area contributed by atoms with E-state index in [9.17, 15) is 19.5 Å². The molecule has 6 aliphatic rings. The molecular formula is C38H60N2O6. The van der Waals surface area contributed by atoms with E-state index in [0.29, 0.717) is 36.0 Å². The normalized spacial score (nSPS) is 44.6. The molecule has 0 aromatic rings. The fourth-order valence-corrected chi connectivity index (χ4v) is 13.5. The Balaban J connectivity index is 1.51. The number of hydrogen-bond acceptors (Lipinski definition) is 7. The number of aldehydes is 1. The number of esters is 1. The molecule has 0 aromatic heterocycles. The van der Waals surface area contributed by atoms with Crippen LogP contribution >= 0.6 is 0 Å². The maximum Gasteiger partial charge on any atom is 0.309 e. The number of nitrogens with zero attached hydrogens (tertiary/aromatic N) is 1. The zero-order valence-electron chi connectivity index (χ0n) is 30.1. The van der Waals surface area contributed by atoms with E-state index in [-0.39, 0.29) is 40.1 Å². The Morgan fingerprint density at radius 1 is 1.09 bits per heavy atom. The number of allylic oxidation sites excluding steroid dienone is 1. The second-order valence-corrected chi connectivity index (χ2v) is 17.4. The van der Waals surface area contributed by atoms with Crippen molar-refractivity contribution < 1.29 is 29.0 Å². The fraction of sp³-hybridized carbons (Fsp3) is 0.842. The van der Waals surface area contributed by atoms with Gasteiger partial charge in [-0.3, -0.25) is 9.59 Å². The lowest BCUT2D eigenvalue weighted by Gasteiger charge is -2.89. The number of fused-ring (bicyclic) bond motifs is 2. The lowest BCUT2D eigenvalue weighted by Crippen LogP contribution is -2.84. The summed E-state index contributed by atoms with van der Waals surface area (Å²) >= 11 is 0. The topological polar surface area (TPSA) is 128 Å². The molecule has 6 rings (SSSR count). The van der Waals surface area contributed by atoms with Gasteiger partial charge < -0.3 is 25.2 Å². The molecular weight excluding hydrogens is 580 g/mol. The minimum absolute atomic E-state index is 0.114. The van der Waals surface area contributed by atoms with Crippen LogP contribution in [0.15, 0.2) is 16.2 Å². The zero-order valence-corrected chi connectivity index (χ0v) is 30.1. The summed E-state index contributed by atoms with van der Waals surface area (Å²) in [4.78, 5) is 37.0. The Morgan fingerprint density at radius 3 is 2.33 bits per heavy atom. The summed E-state index contributed by atoms with van der Waals surface area (Å²) in [7, 11) is 1.63. The van der Waals surface area contributed by atoms with Crippen LogP contribution in [0, 0.1) is 62.1 Å². The molecule has 3 N–H and O–H groups in total. The highest BCUT2D eigenvalue weighted by atomic mass is 16.5. The quantitative estimate of drug-likeness (QED) is 0.0533. The van der Waals surface area contributed by atoms with Gasteiger partial charge in [0, 0.05) is 6.42 Å². The zero-order chi connectivity index (χ0) is 34.3. The number of aliphatic carboxylic acids is 1. The third-order valence-electron chi connectivity index (χ3n) is 15.7. The number of ether oxygens (including phenoxy) is 2. The van der Waals surface area contributed by atoms with Gasteiger partial charge in [-0.15, -0.1) is 5.10 Å². The average molecular weight is 641 g/mol. The third-order valence-corrected chi connectivity index (χ3v) is 15.7. The molecule has 6 saturated carbocycles. The number of hydrazone groups is 1. The number of rotatable bonds is 8. The van der Waals surface area contributed by atoms with Gasteiger partial charge in [0.05, 0.1) is 24.4 Å². The number of nitrogens with two attached hydrogens (primary N) is 1. The van der Waals surface area contributed by atoms with Crippen LogP contribution in [0.3, 0.4) is 0 Å². The number of carboxylic acids is 1. The first-order valence-corrected chi connectivity index (χ1v) is 17.8. The van der Waals surface area contributed by atoms with Crippen LogP contribution in [-0.4, -0.2) is 42.4 Å². The summed E-state index contributed by atoms with van der Waals surface area (Å²) in [5, 5.41) is 13.7. The summed E-state index contributed by atoms with van der Waals surface area (Å²) in [6, 6.07) is 0. The fourth-order valence-electron chi connectivity index (χ4n) is 13.5. The van der Waals surface area contributed by atoms with Gasteiger partial charge in [0.2, 0.25) is 5.90 Å². The molecule has 0 radical (unpaired) electrons. The van der Waals surface area contributed by atoms with Gasteiger partial charge in [-0.05, 0) is 123 Å². The lowest BCUT2D eigenvalue weighted by molar-refractivity contribution is -0.404. The SMILES string of the molecule is CO/C(=N\N)C1(CC=O)CCC23C(CCC4(C2C)C2(C)CCC(OC(=O)CC(C)(C)C(=O)O)C(C)C2CCC34C)/C1=C(/C)C(C)C. The van der Waals surface area contributed by atoms with Gasteiger partial charge >= 0.3 is 11.9 Å². The molecule has 0 amide bonds. The average Bonchev–Trinajstić information content (AvgIpc) is 2.98. The van der Waals surface area contributed by atoms with Crippen molar-refractivity contribution in [1.82, 2.24) is 0 Å². The van der Waals surface area contributed by atoms with Crippen LogP contribution < -0.4 is 5.84 Å². The Kier molecular flexibility index (Phi) is 8.63. The van der Waals surface area contributed by atoms with E-state index in [2.05, 4.69) is 53.6 Å². The minimum atomic E-state index is -1.14. The van der Waals surface area contributed by atoms with E-state index in [1.54, 1.807) is 21.0 Å². The van der Waals surface area contributed by atoms with Gasteiger partial charge in [0.1, 0.15) is 12.4 Å². The highest BCUT2D eigenvalue weighted by Gasteiger charge is 2.86. The molecule has 10 atom stereocenters. The molecule has 8 heteroatoms. The number of methoxy groups -OCH3 is 1. The van der Waals surface area contributed by atoms with Crippen LogP contribution in [0.25, 0.3) is 0 Å². The number of carboxylic acid groups (broad SMARTS) is 1. The molecule has 0 heterocycles. The van der Waals surface area contributed by atoms with E-state index >= 15 is 0 Å². The summed E-state index contributed by atoms with van der Waals surface area (Å²) in [5.41, 5.74) is 1.53. The summed E-state index contributed by atoms with van der Waals surface area (Å²) in [5.74, 6) is 6.92. The maximum atomic E-state index is 13.0. The smallest absolute Gasteiger partial charge is 0.309 e. The van der Waals surface area contributed by atoms with Gasteiger partial charge in [-0.25, -0.2) is 0 Å². The highest BCUT2D eigenvalue weighted by molar-refractivity contribution is 5.89. The van der Waals surface area contributed by atoms with E-state index in [1.807, 2.05) is 0 Å². The summed E-state index contributed by atoms with van der Waals surface area (Å²) < 4.78 is 12.0. The van der Waals surface area contributed by atoms with Crippen molar-refractivity contribution in [1.29, 1.82) is 0 Å². The van der Waals surface area contributed by atoms with Crippen LogP contribution in [0.5, 0.6) is 0 Å².